The van der Waals surface area contributed by atoms with Crippen LogP contribution in [0.1, 0.15) is 55.8 Å². The molecule has 152 valence electrons. The largest absolute Gasteiger partial charge is 0.465 e. The predicted octanol–water partition coefficient (Wildman–Crippen LogP) is 3.88. The molecule has 0 bridgehead atoms. The average molecular weight is 379 g/mol. The Morgan fingerprint density at radius 1 is 1.00 bits per heavy atom. The van der Waals surface area contributed by atoms with Crippen molar-refractivity contribution in [1.29, 1.82) is 0 Å². The highest BCUT2D eigenvalue weighted by Gasteiger charge is 2.20. The minimum atomic E-state index is -0.469. The highest BCUT2D eigenvalue weighted by Crippen LogP contribution is 2.26. The second kappa shape index (κ2) is 12.3. The van der Waals surface area contributed by atoms with Crippen LogP contribution in [0.4, 0.5) is 11.4 Å². The van der Waals surface area contributed by atoms with Crippen LogP contribution < -0.4 is 9.80 Å². The van der Waals surface area contributed by atoms with E-state index in [0.717, 1.165) is 18.5 Å². The van der Waals surface area contributed by atoms with Gasteiger partial charge in [0.15, 0.2) is 0 Å². The molecule has 1 amide bonds. The number of anilines is 2. The molecule has 0 aliphatic carbocycles. The third kappa shape index (κ3) is 7.59. The van der Waals surface area contributed by atoms with Gasteiger partial charge < -0.3 is 19.3 Å². The minimum absolute atomic E-state index is 0.00172. The lowest BCUT2D eigenvalue weighted by atomic mass is 10.1. The molecule has 0 radical (unpaired) electrons. The van der Waals surface area contributed by atoms with Crippen molar-refractivity contribution in [2.45, 2.75) is 45.4 Å². The summed E-state index contributed by atoms with van der Waals surface area (Å²) in [7, 11) is 6.79. The van der Waals surface area contributed by atoms with E-state index >= 15 is 0 Å². The molecule has 0 saturated heterocycles. The Labute approximate surface area is 163 Å². The Bertz CT molecular complexity index is 602. The summed E-state index contributed by atoms with van der Waals surface area (Å²) >= 11 is 0. The van der Waals surface area contributed by atoms with Crippen molar-refractivity contribution >= 4 is 23.3 Å². The molecule has 1 aromatic rings. The van der Waals surface area contributed by atoms with Crippen molar-refractivity contribution in [3.05, 3.63) is 23.8 Å². The van der Waals surface area contributed by atoms with E-state index in [9.17, 15) is 9.59 Å². The van der Waals surface area contributed by atoms with Crippen molar-refractivity contribution in [2.24, 2.45) is 0 Å². The lowest BCUT2D eigenvalue weighted by Crippen LogP contribution is -2.32. The normalized spacial score (nSPS) is 10.6. The summed E-state index contributed by atoms with van der Waals surface area (Å²) in [6.07, 6.45) is 7.08. The summed E-state index contributed by atoms with van der Waals surface area (Å²) in [5.74, 6) is -0.662. The number of likely N-dealkylation sites (N-methyl/N-ethyl adjacent to an activating group) is 1. The number of carbonyl (C=O) groups is 2. The molecule has 0 heterocycles. The van der Waals surface area contributed by atoms with E-state index in [1.54, 1.807) is 19.2 Å². The van der Waals surface area contributed by atoms with Gasteiger partial charge in [-0.05, 0) is 24.6 Å². The topological polar surface area (TPSA) is 59.1 Å². The SMILES string of the molecule is CCCCCCCCOCC(=O)N(C)c1cc(N(C)C)ccc1C(=O)OC. The number of methoxy groups -OCH3 is 1. The highest BCUT2D eigenvalue weighted by atomic mass is 16.5. The number of esters is 1. The summed E-state index contributed by atoms with van der Waals surface area (Å²) in [4.78, 5) is 27.9. The van der Waals surface area contributed by atoms with Crippen LogP contribution in [0.2, 0.25) is 0 Å². The molecule has 0 fully saturated rings. The van der Waals surface area contributed by atoms with Crippen LogP contribution in [0.25, 0.3) is 0 Å². The molecule has 1 aromatic carbocycles. The van der Waals surface area contributed by atoms with Crippen LogP contribution in [-0.4, -0.2) is 53.3 Å². The van der Waals surface area contributed by atoms with Gasteiger partial charge in [0.05, 0.1) is 18.4 Å². The Kier molecular flexibility index (Phi) is 10.5. The summed E-state index contributed by atoms with van der Waals surface area (Å²) < 4.78 is 10.4. The number of amides is 1. The van der Waals surface area contributed by atoms with Gasteiger partial charge in [0, 0.05) is 33.4 Å². The highest BCUT2D eigenvalue weighted by molar-refractivity contribution is 6.03. The number of benzene rings is 1. The number of ether oxygens (including phenoxy) is 2. The molecule has 0 aromatic heterocycles. The average Bonchev–Trinajstić information content (AvgIpc) is 2.68. The standard InChI is InChI=1S/C21H34N2O4/c1-6-7-8-9-10-11-14-27-16-20(24)23(4)19-15-17(22(2)3)12-13-18(19)21(25)26-5/h12-13,15H,6-11,14,16H2,1-5H3. The molecular weight excluding hydrogens is 344 g/mol. The molecule has 0 aliphatic heterocycles. The van der Waals surface area contributed by atoms with Gasteiger partial charge in [0.25, 0.3) is 5.91 Å². The monoisotopic (exact) mass is 378 g/mol. The van der Waals surface area contributed by atoms with Crippen LogP contribution in [-0.2, 0) is 14.3 Å². The van der Waals surface area contributed by atoms with Crippen LogP contribution in [0.15, 0.2) is 18.2 Å². The summed E-state index contributed by atoms with van der Waals surface area (Å²) in [6, 6.07) is 5.30. The number of hydrogen-bond donors (Lipinski definition) is 0. The first-order valence-electron chi connectivity index (χ1n) is 9.66. The number of hydrogen-bond acceptors (Lipinski definition) is 5. The number of nitrogens with zero attached hydrogens (tertiary/aromatic N) is 2. The predicted molar refractivity (Wildman–Crippen MR) is 110 cm³/mol. The third-order valence-corrected chi connectivity index (χ3v) is 4.51. The van der Waals surface area contributed by atoms with Gasteiger partial charge >= 0.3 is 5.97 Å². The fourth-order valence-corrected chi connectivity index (χ4v) is 2.73. The van der Waals surface area contributed by atoms with Crippen molar-refractivity contribution < 1.29 is 19.1 Å². The molecule has 0 aliphatic rings. The zero-order valence-corrected chi connectivity index (χ0v) is 17.4. The first-order valence-corrected chi connectivity index (χ1v) is 9.66. The molecule has 6 heteroatoms. The second-order valence-corrected chi connectivity index (χ2v) is 6.86. The van der Waals surface area contributed by atoms with E-state index in [1.165, 1.54) is 37.7 Å². The van der Waals surface area contributed by atoms with Crippen LogP contribution >= 0.6 is 0 Å². The minimum Gasteiger partial charge on any atom is -0.465 e. The van der Waals surface area contributed by atoms with Gasteiger partial charge in [-0.2, -0.15) is 0 Å². The maximum atomic E-state index is 12.5. The lowest BCUT2D eigenvalue weighted by molar-refractivity contribution is -0.122. The Balaban J connectivity index is 2.63. The zero-order chi connectivity index (χ0) is 20.2. The van der Waals surface area contributed by atoms with Crippen LogP contribution in [0.3, 0.4) is 0 Å². The van der Waals surface area contributed by atoms with Crippen LogP contribution in [0.5, 0.6) is 0 Å². The van der Waals surface area contributed by atoms with Gasteiger partial charge in [-0.25, -0.2) is 4.79 Å². The molecular formula is C21H34N2O4. The van der Waals surface area contributed by atoms with Gasteiger partial charge in [0.1, 0.15) is 6.61 Å². The van der Waals surface area contributed by atoms with Crippen molar-refractivity contribution in [1.82, 2.24) is 0 Å². The van der Waals surface area contributed by atoms with Crippen molar-refractivity contribution in [3.63, 3.8) is 0 Å². The van der Waals surface area contributed by atoms with Crippen molar-refractivity contribution in [2.75, 3.05) is 51.3 Å². The second-order valence-electron chi connectivity index (χ2n) is 6.86. The number of unbranched alkanes of at least 4 members (excludes halogenated alkanes) is 5. The molecule has 0 atom stereocenters. The quantitative estimate of drug-likeness (QED) is 0.408. The summed E-state index contributed by atoms with van der Waals surface area (Å²) in [6.45, 7) is 2.77. The van der Waals surface area contributed by atoms with Gasteiger partial charge in [-0.1, -0.05) is 39.0 Å². The molecule has 6 nitrogen and oxygen atoms in total. The van der Waals surface area contributed by atoms with E-state index in [0.29, 0.717) is 17.9 Å². The van der Waals surface area contributed by atoms with Gasteiger partial charge in [-0.3, -0.25) is 4.79 Å². The van der Waals surface area contributed by atoms with E-state index in [-0.39, 0.29) is 12.5 Å². The molecule has 0 spiro atoms. The Morgan fingerprint density at radius 3 is 2.30 bits per heavy atom. The molecule has 27 heavy (non-hydrogen) atoms. The summed E-state index contributed by atoms with van der Waals surface area (Å²) in [5.41, 5.74) is 1.77. The first kappa shape index (κ1) is 23.0. The zero-order valence-electron chi connectivity index (χ0n) is 17.4. The first-order chi connectivity index (χ1) is 12.9. The lowest BCUT2D eigenvalue weighted by Gasteiger charge is -2.22. The molecule has 0 N–H and O–H groups in total. The van der Waals surface area contributed by atoms with E-state index in [1.807, 2.05) is 25.1 Å². The maximum Gasteiger partial charge on any atom is 0.339 e. The molecule has 0 saturated carbocycles. The maximum absolute atomic E-state index is 12.5. The number of rotatable bonds is 12. The summed E-state index contributed by atoms with van der Waals surface area (Å²) in [5, 5.41) is 0. The fourth-order valence-electron chi connectivity index (χ4n) is 2.73. The molecule has 0 unspecified atom stereocenters. The van der Waals surface area contributed by atoms with E-state index < -0.39 is 5.97 Å². The Morgan fingerprint density at radius 2 is 1.67 bits per heavy atom. The van der Waals surface area contributed by atoms with Crippen molar-refractivity contribution in [3.8, 4) is 0 Å². The van der Waals surface area contributed by atoms with E-state index in [2.05, 4.69) is 6.92 Å². The van der Waals surface area contributed by atoms with Gasteiger partial charge in [-0.15, -0.1) is 0 Å². The number of carbonyl (C=O) groups excluding carboxylic acids is 2. The fraction of sp³-hybridized carbons (Fsp3) is 0.619. The third-order valence-electron chi connectivity index (χ3n) is 4.51. The van der Waals surface area contributed by atoms with Gasteiger partial charge in [0.2, 0.25) is 0 Å². The van der Waals surface area contributed by atoms with Crippen LogP contribution in [0, 0.1) is 0 Å². The molecule has 1 rings (SSSR count). The Hall–Kier alpha value is -2.08. The van der Waals surface area contributed by atoms with E-state index in [4.69, 9.17) is 9.47 Å². The smallest absolute Gasteiger partial charge is 0.339 e.